The van der Waals surface area contributed by atoms with Crippen molar-refractivity contribution in [2.75, 3.05) is 0 Å². The van der Waals surface area contributed by atoms with Gasteiger partial charge in [-0.05, 0) is 62.5 Å². The molecule has 0 aliphatic carbocycles. The molecule has 0 aromatic carbocycles. The predicted molar refractivity (Wildman–Crippen MR) is 109 cm³/mol. The van der Waals surface area contributed by atoms with Crippen LogP contribution in [0.5, 0.6) is 0 Å². The molecule has 4 nitrogen and oxygen atoms in total. The maximum absolute atomic E-state index is 12.1. The van der Waals surface area contributed by atoms with E-state index in [-0.39, 0.29) is 6.15 Å². The zero-order chi connectivity index (χ0) is 18.7. The average molecular weight is 365 g/mol. The predicted octanol–water partition coefficient (Wildman–Crippen LogP) is 5.19. The van der Waals surface area contributed by atoms with Crippen molar-refractivity contribution in [3.8, 4) is 0 Å². The first-order chi connectivity index (χ1) is 12.1. The standard InChI is InChI=1S/C22H37NO2.H3N/c1-5-9-13-17-19(15-11-7-3)23-20(16-12-8-4)18(14-10-6-2)21(17)22(24)25;/h5-16H2,1-4H3,(H,24,25);1H3. The minimum absolute atomic E-state index is 0. The summed E-state index contributed by atoms with van der Waals surface area (Å²) in [4.78, 5) is 17.1. The van der Waals surface area contributed by atoms with Crippen molar-refractivity contribution in [1.82, 2.24) is 11.1 Å². The molecule has 0 saturated carbocycles. The second-order valence-electron chi connectivity index (χ2n) is 7.04. The van der Waals surface area contributed by atoms with Gasteiger partial charge in [0, 0.05) is 17.0 Å². The van der Waals surface area contributed by atoms with Gasteiger partial charge >= 0.3 is 0 Å². The third-order valence-electron chi connectivity index (χ3n) is 4.87. The fourth-order valence-electron chi connectivity index (χ4n) is 3.36. The average Bonchev–Trinajstić information content (AvgIpc) is 2.61. The molecule has 0 saturated heterocycles. The number of aryl methyl sites for hydroxylation is 2. The first-order valence-corrected chi connectivity index (χ1v) is 10.3. The highest BCUT2D eigenvalue weighted by Crippen LogP contribution is 2.26. The van der Waals surface area contributed by atoms with Gasteiger partial charge in [0.1, 0.15) is 0 Å². The number of rotatable bonds is 13. The number of nitrogens with zero attached hydrogens (tertiary/aromatic N) is 1. The molecule has 1 heterocycles. The monoisotopic (exact) mass is 364 g/mol. The van der Waals surface area contributed by atoms with E-state index in [0.29, 0.717) is 5.56 Å². The number of carbonyl (C=O) groups is 1. The van der Waals surface area contributed by atoms with E-state index in [1.165, 1.54) is 0 Å². The number of unbranched alkanes of at least 4 members (excludes halogenated alkanes) is 4. The van der Waals surface area contributed by atoms with Gasteiger partial charge in [-0.15, -0.1) is 0 Å². The molecule has 150 valence electrons. The summed E-state index contributed by atoms with van der Waals surface area (Å²) >= 11 is 0. The maximum Gasteiger partial charge on any atom is 0.0722 e. The highest BCUT2D eigenvalue weighted by Gasteiger charge is 2.19. The van der Waals surface area contributed by atoms with Crippen LogP contribution in [0.25, 0.3) is 0 Å². The molecule has 1 aromatic heterocycles. The van der Waals surface area contributed by atoms with E-state index in [2.05, 4.69) is 27.7 Å². The van der Waals surface area contributed by atoms with Gasteiger partial charge in [-0.2, -0.15) is 0 Å². The van der Waals surface area contributed by atoms with Crippen LogP contribution < -0.4 is 11.3 Å². The Morgan fingerprint density at radius 3 is 1.38 bits per heavy atom. The van der Waals surface area contributed by atoms with Crippen LogP contribution in [-0.4, -0.2) is 11.0 Å². The Kier molecular flexibility index (Phi) is 13.0. The number of hydrogen-bond donors (Lipinski definition) is 1. The van der Waals surface area contributed by atoms with Crippen LogP contribution in [0.15, 0.2) is 0 Å². The maximum atomic E-state index is 12.1. The molecule has 0 fully saturated rings. The van der Waals surface area contributed by atoms with Crippen molar-refractivity contribution in [3.05, 3.63) is 28.1 Å². The van der Waals surface area contributed by atoms with Gasteiger partial charge in [-0.3, -0.25) is 4.98 Å². The number of carboxylic acid groups (broad SMARTS) is 1. The molecule has 0 aliphatic heterocycles. The zero-order valence-corrected chi connectivity index (χ0v) is 17.7. The second kappa shape index (κ2) is 13.7. The van der Waals surface area contributed by atoms with Crippen LogP contribution in [0, 0.1) is 0 Å². The van der Waals surface area contributed by atoms with Crippen molar-refractivity contribution in [2.45, 2.75) is 105 Å². The summed E-state index contributed by atoms with van der Waals surface area (Å²) in [7, 11) is 0. The van der Waals surface area contributed by atoms with Gasteiger partial charge in [0.15, 0.2) is 0 Å². The summed E-state index contributed by atoms with van der Waals surface area (Å²) in [6.45, 7) is 8.62. The van der Waals surface area contributed by atoms with E-state index >= 15 is 0 Å². The van der Waals surface area contributed by atoms with E-state index < -0.39 is 5.97 Å². The fourth-order valence-corrected chi connectivity index (χ4v) is 3.36. The van der Waals surface area contributed by atoms with Crippen molar-refractivity contribution >= 4 is 5.97 Å². The quantitative estimate of drug-likeness (QED) is 0.522. The number of aromatic carboxylic acids is 1. The van der Waals surface area contributed by atoms with Crippen LogP contribution >= 0.6 is 0 Å². The first kappa shape index (κ1) is 24.6. The molecule has 1 rings (SSSR count). The summed E-state index contributed by atoms with van der Waals surface area (Å²) in [6, 6.07) is 0. The number of aromatic nitrogens is 1. The lowest BCUT2D eigenvalue weighted by Crippen LogP contribution is -2.28. The number of carboxylic acids is 1. The Labute approximate surface area is 160 Å². The lowest BCUT2D eigenvalue weighted by atomic mass is 9.89. The lowest BCUT2D eigenvalue weighted by molar-refractivity contribution is -0.255. The van der Waals surface area contributed by atoms with E-state index in [0.717, 1.165) is 99.6 Å². The molecule has 0 radical (unpaired) electrons. The number of pyridine rings is 1. The van der Waals surface area contributed by atoms with Gasteiger partial charge in [-0.25, -0.2) is 0 Å². The van der Waals surface area contributed by atoms with Crippen molar-refractivity contribution in [2.24, 2.45) is 0 Å². The molecule has 0 aliphatic rings. The highest BCUT2D eigenvalue weighted by atomic mass is 16.4. The molecule has 0 atom stereocenters. The van der Waals surface area contributed by atoms with Crippen LogP contribution in [-0.2, 0) is 25.7 Å². The Hall–Kier alpha value is -1.42. The second-order valence-corrected chi connectivity index (χ2v) is 7.04. The lowest BCUT2D eigenvalue weighted by Gasteiger charge is -2.22. The molecular weight excluding hydrogens is 324 g/mol. The highest BCUT2D eigenvalue weighted by molar-refractivity contribution is 5.90. The van der Waals surface area contributed by atoms with E-state index in [9.17, 15) is 9.90 Å². The van der Waals surface area contributed by atoms with Crippen LogP contribution in [0.3, 0.4) is 0 Å². The Morgan fingerprint density at radius 1 is 0.731 bits per heavy atom. The molecule has 4 heteroatoms. The summed E-state index contributed by atoms with van der Waals surface area (Å²) in [6.07, 6.45) is 11.8. The van der Waals surface area contributed by atoms with Gasteiger partial charge < -0.3 is 16.1 Å². The van der Waals surface area contributed by atoms with Gasteiger partial charge in [0.25, 0.3) is 0 Å². The van der Waals surface area contributed by atoms with Gasteiger partial charge in [-0.1, -0.05) is 53.4 Å². The first-order valence-electron chi connectivity index (χ1n) is 10.3. The third kappa shape index (κ3) is 7.06. The summed E-state index contributed by atoms with van der Waals surface area (Å²) in [5.41, 5.74) is 4.43. The van der Waals surface area contributed by atoms with Gasteiger partial charge in [0.05, 0.1) is 5.97 Å². The summed E-state index contributed by atoms with van der Waals surface area (Å²) in [5.74, 6) is -1.00. The third-order valence-corrected chi connectivity index (χ3v) is 4.87. The van der Waals surface area contributed by atoms with Crippen LogP contribution in [0.2, 0.25) is 0 Å². The fraction of sp³-hybridized carbons (Fsp3) is 0.727. The van der Waals surface area contributed by atoms with Gasteiger partial charge in [0.2, 0.25) is 0 Å². The molecule has 0 spiro atoms. The largest absolute Gasteiger partial charge is 0.545 e. The summed E-state index contributed by atoms with van der Waals surface area (Å²) in [5, 5.41) is 12.1. The van der Waals surface area contributed by atoms with E-state index in [1.54, 1.807) is 0 Å². The van der Waals surface area contributed by atoms with Crippen molar-refractivity contribution in [3.63, 3.8) is 0 Å². The molecule has 1 aromatic rings. The number of carbonyl (C=O) groups excluding carboxylic acids is 1. The zero-order valence-electron chi connectivity index (χ0n) is 17.7. The molecular formula is C22H40N2O2. The van der Waals surface area contributed by atoms with Crippen LogP contribution in [0.1, 0.15) is 112 Å². The normalized spacial score (nSPS) is 10.6. The summed E-state index contributed by atoms with van der Waals surface area (Å²) < 4.78 is 0. The Balaban J connectivity index is 0.00000625. The number of hydrogen-bond acceptors (Lipinski definition) is 3. The Morgan fingerprint density at radius 2 is 1.08 bits per heavy atom. The molecule has 4 N–H and O–H groups in total. The van der Waals surface area contributed by atoms with Crippen molar-refractivity contribution in [1.29, 1.82) is 0 Å². The topological polar surface area (TPSA) is 89.5 Å². The number of quaternary nitrogens is 1. The molecule has 0 unspecified atom stereocenters. The SMILES string of the molecule is CCCCc1nc(CCCC)c(CCCC)c(C(=O)[O-])c1CCCC.[NH4+]. The van der Waals surface area contributed by atoms with E-state index in [4.69, 9.17) is 4.98 Å². The molecule has 0 amide bonds. The molecule has 26 heavy (non-hydrogen) atoms. The minimum Gasteiger partial charge on any atom is -0.545 e. The smallest absolute Gasteiger partial charge is 0.0722 e. The Bertz CT molecular complexity index is 503. The van der Waals surface area contributed by atoms with Crippen molar-refractivity contribution < 1.29 is 9.90 Å². The van der Waals surface area contributed by atoms with E-state index in [1.807, 2.05) is 0 Å². The minimum atomic E-state index is -1.00. The molecule has 0 bridgehead atoms. The van der Waals surface area contributed by atoms with Crippen LogP contribution in [0.4, 0.5) is 0 Å².